The molecule has 0 aromatic heterocycles. The minimum absolute atomic E-state index is 0.0777. The van der Waals surface area contributed by atoms with Crippen LogP contribution in [0.5, 0.6) is 0 Å². The van der Waals surface area contributed by atoms with E-state index in [1.165, 1.54) is 0 Å². The number of amides is 2. The Balaban J connectivity index is 2.18. The zero-order valence-electron chi connectivity index (χ0n) is 11.1. The number of halogens is 3. The Hall–Kier alpha value is -2.83. The van der Waals surface area contributed by atoms with Gasteiger partial charge in [0.1, 0.15) is 0 Å². The number of anilines is 2. The summed E-state index contributed by atoms with van der Waals surface area (Å²) >= 11 is 0. The Morgan fingerprint density at radius 2 is 1.55 bits per heavy atom. The molecule has 0 spiro atoms. The molecule has 0 fully saturated rings. The van der Waals surface area contributed by atoms with Crippen molar-refractivity contribution in [2.75, 3.05) is 10.6 Å². The van der Waals surface area contributed by atoms with Crippen molar-refractivity contribution in [2.24, 2.45) is 0 Å². The van der Waals surface area contributed by atoms with Gasteiger partial charge < -0.3 is 10.6 Å². The third-order valence-electron chi connectivity index (χ3n) is 2.86. The second-order valence-electron chi connectivity index (χ2n) is 4.34. The number of benzene rings is 2. The van der Waals surface area contributed by atoms with Crippen LogP contribution in [0.1, 0.15) is 15.9 Å². The molecule has 7 heteroatoms. The summed E-state index contributed by atoms with van der Waals surface area (Å²) in [5.41, 5.74) is -0.0155. The van der Waals surface area contributed by atoms with Crippen LogP contribution in [0.15, 0.2) is 48.5 Å². The van der Waals surface area contributed by atoms with Gasteiger partial charge in [-0.3, -0.25) is 9.59 Å². The van der Waals surface area contributed by atoms with Crippen LogP contribution < -0.4 is 10.6 Å². The maximum atomic E-state index is 12.5. The highest BCUT2D eigenvalue weighted by Crippen LogP contribution is 2.29. The van der Waals surface area contributed by atoms with Crippen molar-refractivity contribution in [2.45, 2.75) is 6.18 Å². The molecule has 0 aliphatic carbocycles. The van der Waals surface area contributed by atoms with Crippen molar-refractivity contribution >= 4 is 23.7 Å². The van der Waals surface area contributed by atoms with E-state index in [0.29, 0.717) is 17.8 Å². The van der Waals surface area contributed by atoms with E-state index in [0.717, 1.165) is 24.3 Å². The van der Waals surface area contributed by atoms with Gasteiger partial charge in [-0.15, -0.1) is 0 Å². The minimum Gasteiger partial charge on any atom is -0.327 e. The van der Waals surface area contributed by atoms with E-state index in [9.17, 15) is 22.8 Å². The molecule has 22 heavy (non-hydrogen) atoms. The monoisotopic (exact) mass is 308 g/mol. The molecule has 0 aliphatic rings. The van der Waals surface area contributed by atoms with Crippen LogP contribution in [0.3, 0.4) is 0 Å². The lowest BCUT2D eigenvalue weighted by Crippen LogP contribution is -2.14. The predicted octanol–water partition coefficient (Wildman–Crippen LogP) is 3.53. The van der Waals surface area contributed by atoms with Gasteiger partial charge in [0.25, 0.3) is 5.91 Å². The van der Waals surface area contributed by atoms with E-state index in [4.69, 9.17) is 0 Å². The van der Waals surface area contributed by atoms with Gasteiger partial charge in [0.15, 0.2) is 0 Å². The maximum Gasteiger partial charge on any atom is 0.416 e. The van der Waals surface area contributed by atoms with Gasteiger partial charge in [-0.1, -0.05) is 12.1 Å². The molecular formula is C15H11F3N2O2. The molecule has 0 radical (unpaired) electrons. The summed E-state index contributed by atoms with van der Waals surface area (Å²) in [5, 5.41) is 4.95. The Kier molecular flexibility index (Phi) is 4.45. The molecule has 0 heterocycles. The predicted molar refractivity (Wildman–Crippen MR) is 75.5 cm³/mol. The molecule has 0 atom stereocenters. The largest absolute Gasteiger partial charge is 0.416 e. The summed E-state index contributed by atoms with van der Waals surface area (Å²) in [4.78, 5) is 22.5. The number of hydrogen-bond acceptors (Lipinski definition) is 2. The lowest BCUT2D eigenvalue weighted by atomic mass is 10.1. The van der Waals surface area contributed by atoms with Gasteiger partial charge >= 0.3 is 6.18 Å². The van der Waals surface area contributed by atoms with E-state index >= 15 is 0 Å². The van der Waals surface area contributed by atoms with Crippen molar-refractivity contribution in [3.05, 3.63) is 59.7 Å². The van der Waals surface area contributed by atoms with E-state index < -0.39 is 17.6 Å². The van der Waals surface area contributed by atoms with Crippen LogP contribution in [-0.2, 0) is 11.0 Å². The molecule has 2 rings (SSSR count). The molecule has 2 aromatic rings. The summed E-state index contributed by atoms with van der Waals surface area (Å²) in [6.45, 7) is 0. The summed E-state index contributed by atoms with van der Waals surface area (Å²) < 4.78 is 37.4. The highest BCUT2D eigenvalue weighted by molar-refractivity contribution is 6.06. The van der Waals surface area contributed by atoms with Crippen LogP contribution in [-0.4, -0.2) is 12.3 Å². The van der Waals surface area contributed by atoms with E-state index in [-0.39, 0.29) is 5.56 Å². The Morgan fingerprint density at radius 3 is 2.09 bits per heavy atom. The summed E-state index contributed by atoms with van der Waals surface area (Å²) in [5.74, 6) is -0.575. The highest BCUT2D eigenvalue weighted by Gasteiger charge is 2.30. The van der Waals surface area contributed by atoms with Crippen molar-refractivity contribution in [1.82, 2.24) is 0 Å². The first-order valence-electron chi connectivity index (χ1n) is 6.19. The second-order valence-corrected chi connectivity index (χ2v) is 4.34. The molecule has 4 nitrogen and oxygen atoms in total. The van der Waals surface area contributed by atoms with Gasteiger partial charge in [-0.05, 0) is 36.4 Å². The number of para-hydroxylation sites is 2. The van der Waals surface area contributed by atoms with Crippen LogP contribution in [0.25, 0.3) is 0 Å². The van der Waals surface area contributed by atoms with Gasteiger partial charge in [0.2, 0.25) is 6.41 Å². The molecular weight excluding hydrogens is 297 g/mol. The van der Waals surface area contributed by atoms with E-state index in [2.05, 4.69) is 10.6 Å². The molecule has 2 amide bonds. The number of carbonyl (C=O) groups is 2. The Labute approximate surface area is 124 Å². The molecule has 0 saturated heterocycles. The number of hydrogen-bond donors (Lipinski definition) is 2. The fourth-order valence-electron chi connectivity index (χ4n) is 1.79. The van der Waals surface area contributed by atoms with Crippen LogP contribution in [0, 0.1) is 0 Å². The van der Waals surface area contributed by atoms with Crippen LogP contribution in [0.2, 0.25) is 0 Å². The number of nitrogens with one attached hydrogen (secondary N) is 2. The van der Waals surface area contributed by atoms with Gasteiger partial charge in [0.05, 0.1) is 16.9 Å². The first kappa shape index (κ1) is 15.6. The fourth-order valence-corrected chi connectivity index (χ4v) is 1.79. The average molecular weight is 308 g/mol. The molecule has 114 valence electrons. The topological polar surface area (TPSA) is 58.2 Å². The Morgan fingerprint density at radius 1 is 0.955 bits per heavy atom. The lowest BCUT2D eigenvalue weighted by Gasteiger charge is -2.11. The quantitative estimate of drug-likeness (QED) is 0.849. The van der Waals surface area contributed by atoms with Crippen molar-refractivity contribution in [1.29, 1.82) is 0 Å². The molecule has 0 aliphatic heterocycles. The maximum absolute atomic E-state index is 12.5. The van der Waals surface area contributed by atoms with E-state index in [1.807, 2.05) is 0 Å². The molecule has 2 aromatic carbocycles. The normalized spacial score (nSPS) is 10.9. The number of carbonyl (C=O) groups excluding carboxylic acids is 2. The standard InChI is InChI=1S/C15H11F3N2O2/c16-15(17,18)11-7-5-10(6-8-11)14(22)20-13-4-2-1-3-12(13)19-9-21/h1-9H,(H,19,21)(H,20,22). The fraction of sp³-hybridized carbons (Fsp3) is 0.0667. The lowest BCUT2D eigenvalue weighted by molar-refractivity contribution is -0.137. The molecule has 2 N–H and O–H groups in total. The first-order chi connectivity index (χ1) is 10.4. The van der Waals surface area contributed by atoms with Gasteiger partial charge in [-0.2, -0.15) is 13.2 Å². The summed E-state index contributed by atoms with van der Waals surface area (Å²) in [6, 6.07) is 10.3. The Bertz CT molecular complexity index is 682. The number of rotatable bonds is 4. The van der Waals surface area contributed by atoms with Crippen LogP contribution in [0.4, 0.5) is 24.5 Å². The number of alkyl halides is 3. The SMILES string of the molecule is O=CNc1ccccc1NC(=O)c1ccc(C(F)(F)F)cc1. The highest BCUT2D eigenvalue weighted by atomic mass is 19.4. The second kappa shape index (κ2) is 6.30. The van der Waals surface area contributed by atoms with Gasteiger partial charge in [-0.25, -0.2) is 0 Å². The third-order valence-corrected chi connectivity index (χ3v) is 2.86. The van der Waals surface area contributed by atoms with Crippen molar-refractivity contribution < 1.29 is 22.8 Å². The minimum atomic E-state index is -4.45. The third kappa shape index (κ3) is 3.63. The smallest absolute Gasteiger partial charge is 0.327 e. The van der Waals surface area contributed by atoms with Crippen molar-refractivity contribution in [3.63, 3.8) is 0 Å². The van der Waals surface area contributed by atoms with Crippen LogP contribution >= 0.6 is 0 Å². The van der Waals surface area contributed by atoms with Gasteiger partial charge in [0, 0.05) is 5.56 Å². The zero-order chi connectivity index (χ0) is 16.2. The zero-order valence-corrected chi connectivity index (χ0v) is 11.1. The molecule has 0 unspecified atom stereocenters. The molecule has 0 saturated carbocycles. The molecule has 0 bridgehead atoms. The van der Waals surface area contributed by atoms with Crippen molar-refractivity contribution in [3.8, 4) is 0 Å². The first-order valence-corrected chi connectivity index (χ1v) is 6.19. The summed E-state index contributed by atoms with van der Waals surface area (Å²) in [6.07, 6.45) is -3.99. The van der Waals surface area contributed by atoms with E-state index in [1.54, 1.807) is 24.3 Å². The summed E-state index contributed by atoms with van der Waals surface area (Å²) in [7, 11) is 0. The average Bonchev–Trinajstić information content (AvgIpc) is 2.49.